The number of hydrogen-bond donors (Lipinski definition) is 1. The van der Waals surface area contributed by atoms with Crippen LogP contribution in [-0.4, -0.2) is 0 Å². The molecule has 0 fully saturated rings. The molecule has 0 amide bonds. The summed E-state index contributed by atoms with van der Waals surface area (Å²) in [5, 5.41) is 3.36. The quantitative estimate of drug-likeness (QED) is 0.690. The summed E-state index contributed by atoms with van der Waals surface area (Å²) in [4.78, 5) is 0. The van der Waals surface area contributed by atoms with Crippen molar-refractivity contribution in [2.45, 2.75) is 13.2 Å². The van der Waals surface area contributed by atoms with Gasteiger partial charge >= 0.3 is 0 Å². The predicted molar refractivity (Wildman–Crippen MR) is 90.9 cm³/mol. The predicted octanol–water partition coefficient (Wildman–Crippen LogP) is 5.02. The molecule has 3 aromatic rings. The summed E-state index contributed by atoms with van der Waals surface area (Å²) in [5.41, 5.74) is 2.74. The number of halogens is 1. The van der Waals surface area contributed by atoms with Crippen molar-refractivity contribution in [1.82, 2.24) is 0 Å². The molecule has 1 N–H and O–H groups in total. The second kappa shape index (κ2) is 7.45. The van der Waals surface area contributed by atoms with Crippen LogP contribution in [0.1, 0.15) is 11.1 Å². The van der Waals surface area contributed by atoms with Crippen LogP contribution in [0, 0.1) is 5.82 Å². The standard InChI is InChI=1S/C20H18FNO/c21-20-12-5-4-8-17(20)15-23-19-11-6-7-16(13-19)14-22-18-9-2-1-3-10-18/h1-13,22H,14-15H2. The number of nitrogens with one attached hydrogen (secondary N) is 1. The topological polar surface area (TPSA) is 21.3 Å². The van der Waals surface area contributed by atoms with Crippen molar-refractivity contribution in [3.63, 3.8) is 0 Å². The van der Waals surface area contributed by atoms with E-state index in [0.29, 0.717) is 12.1 Å². The smallest absolute Gasteiger partial charge is 0.129 e. The molecular formula is C20H18FNO. The maximum Gasteiger partial charge on any atom is 0.129 e. The van der Waals surface area contributed by atoms with Crippen molar-refractivity contribution >= 4 is 5.69 Å². The Morgan fingerprint density at radius 2 is 1.61 bits per heavy atom. The van der Waals surface area contributed by atoms with Crippen LogP contribution < -0.4 is 10.1 Å². The first-order chi connectivity index (χ1) is 11.3. The van der Waals surface area contributed by atoms with E-state index in [0.717, 1.165) is 17.0 Å². The lowest BCUT2D eigenvalue weighted by atomic mass is 10.2. The lowest BCUT2D eigenvalue weighted by Gasteiger charge is -2.10. The molecule has 0 atom stereocenters. The minimum absolute atomic E-state index is 0.224. The third kappa shape index (κ3) is 4.33. The van der Waals surface area contributed by atoms with Gasteiger partial charge in [-0.05, 0) is 35.9 Å². The van der Waals surface area contributed by atoms with Gasteiger partial charge in [0, 0.05) is 17.8 Å². The summed E-state index contributed by atoms with van der Waals surface area (Å²) < 4.78 is 19.3. The monoisotopic (exact) mass is 307 g/mol. The number of ether oxygens (including phenoxy) is 1. The minimum Gasteiger partial charge on any atom is -0.489 e. The summed E-state index contributed by atoms with van der Waals surface area (Å²) >= 11 is 0. The summed E-state index contributed by atoms with van der Waals surface area (Å²) in [7, 11) is 0. The fourth-order valence-corrected chi connectivity index (χ4v) is 2.28. The van der Waals surface area contributed by atoms with Crippen LogP contribution >= 0.6 is 0 Å². The average Bonchev–Trinajstić information content (AvgIpc) is 2.61. The molecule has 0 saturated carbocycles. The SMILES string of the molecule is Fc1ccccc1COc1cccc(CNc2ccccc2)c1. The van der Waals surface area contributed by atoms with Gasteiger partial charge in [0.1, 0.15) is 18.2 Å². The van der Waals surface area contributed by atoms with Crippen molar-refractivity contribution in [3.05, 3.63) is 95.8 Å². The Bertz CT molecular complexity index is 758. The molecule has 116 valence electrons. The molecule has 3 rings (SSSR count). The summed E-state index contributed by atoms with van der Waals surface area (Å²) in [6.45, 7) is 0.934. The van der Waals surface area contributed by atoms with E-state index in [-0.39, 0.29) is 12.4 Å². The van der Waals surface area contributed by atoms with Gasteiger partial charge in [-0.1, -0.05) is 48.5 Å². The van der Waals surface area contributed by atoms with Gasteiger partial charge in [-0.2, -0.15) is 0 Å². The Morgan fingerprint density at radius 1 is 0.826 bits per heavy atom. The van der Waals surface area contributed by atoms with Crippen LogP contribution in [0.25, 0.3) is 0 Å². The molecule has 23 heavy (non-hydrogen) atoms. The van der Waals surface area contributed by atoms with E-state index in [9.17, 15) is 4.39 Å². The normalized spacial score (nSPS) is 10.3. The van der Waals surface area contributed by atoms with Crippen LogP contribution in [0.15, 0.2) is 78.9 Å². The highest BCUT2D eigenvalue weighted by molar-refractivity contribution is 5.43. The van der Waals surface area contributed by atoms with E-state index in [1.54, 1.807) is 12.1 Å². The highest BCUT2D eigenvalue weighted by Crippen LogP contribution is 2.17. The molecule has 3 aromatic carbocycles. The van der Waals surface area contributed by atoms with Crippen LogP contribution in [0.4, 0.5) is 10.1 Å². The maximum absolute atomic E-state index is 13.6. The first kappa shape index (κ1) is 15.1. The van der Waals surface area contributed by atoms with Crippen molar-refractivity contribution in [1.29, 1.82) is 0 Å². The third-order valence-corrected chi connectivity index (χ3v) is 3.52. The average molecular weight is 307 g/mol. The molecule has 0 unspecified atom stereocenters. The molecule has 0 aliphatic heterocycles. The van der Waals surface area contributed by atoms with Crippen LogP contribution in [0.2, 0.25) is 0 Å². The Labute approximate surface area is 135 Å². The van der Waals surface area contributed by atoms with E-state index in [2.05, 4.69) is 5.32 Å². The first-order valence-corrected chi connectivity index (χ1v) is 7.55. The van der Waals surface area contributed by atoms with Gasteiger partial charge in [0.2, 0.25) is 0 Å². The zero-order chi connectivity index (χ0) is 15.9. The zero-order valence-electron chi connectivity index (χ0n) is 12.7. The van der Waals surface area contributed by atoms with Gasteiger partial charge in [0.25, 0.3) is 0 Å². The molecule has 0 radical (unpaired) electrons. The second-order valence-electron chi connectivity index (χ2n) is 5.25. The number of hydrogen-bond acceptors (Lipinski definition) is 2. The number of para-hydroxylation sites is 1. The van der Waals surface area contributed by atoms with Crippen LogP contribution in [-0.2, 0) is 13.2 Å². The zero-order valence-corrected chi connectivity index (χ0v) is 12.7. The van der Waals surface area contributed by atoms with Crippen molar-refractivity contribution in [2.75, 3.05) is 5.32 Å². The van der Waals surface area contributed by atoms with E-state index in [4.69, 9.17) is 4.74 Å². The van der Waals surface area contributed by atoms with Crippen LogP contribution in [0.5, 0.6) is 5.75 Å². The van der Waals surface area contributed by atoms with Gasteiger partial charge in [-0.25, -0.2) is 4.39 Å². The molecule has 0 aliphatic rings. The molecule has 0 heterocycles. The van der Waals surface area contributed by atoms with Gasteiger partial charge in [-0.15, -0.1) is 0 Å². The summed E-state index contributed by atoms with van der Waals surface area (Å²) in [6, 6.07) is 24.5. The Morgan fingerprint density at radius 3 is 2.43 bits per heavy atom. The Hall–Kier alpha value is -2.81. The molecule has 0 aliphatic carbocycles. The fourth-order valence-electron chi connectivity index (χ4n) is 2.28. The fraction of sp³-hybridized carbons (Fsp3) is 0.100. The highest BCUT2D eigenvalue weighted by atomic mass is 19.1. The van der Waals surface area contributed by atoms with E-state index < -0.39 is 0 Å². The largest absolute Gasteiger partial charge is 0.489 e. The van der Waals surface area contributed by atoms with Crippen LogP contribution in [0.3, 0.4) is 0 Å². The molecular weight excluding hydrogens is 289 g/mol. The number of rotatable bonds is 6. The summed E-state index contributed by atoms with van der Waals surface area (Å²) in [5.74, 6) is 0.495. The molecule has 3 heteroatoms. The lowest BCUT2D eigenvalue weighted by Crippen LogP contribution is -2.01. The Kier molecular flexibility index (Phi) is 4.89. The van der Waals surface area contributed by atoms with Gasteiger partial charge in [-0.3, -0.25) is 0 Å². The van der Waals surface area contributed by atoms with Crippen molar-refractivity contribution in [3.8, 4) is 5.75 Å². The number of benzene rings is 3. The first-order valence-electron chi connectivity index (χ1n) is 7.55. The molecule has 0 aromatic heterocycles. The van der Waals surface area contributed by atoms with Gasteiger partial charge < -0.3 is 10.1 Å². The van der Waals surface area contributed by atoms with Crippen molar-refractivity contribution in [2.24, 2.45) is 0 Å². The molecule has 0 bridgehead atoms. The van der Waals surface area contributed by atoms with Gasteiger partial charge in [0.05, 0.1) is 0 Å². The Balaban J connectivity index is 1.60. The third-order valence-electron chi connectivity index (χ3n) is 3.52. The van der Waals surface area contributed by atoms with E-state index in [1.807, 2.05) is 60.7 Å². The molecule has 0 saturated heterocycles. The van der Waals surface area contributed by atoms with E-state index in [1.165, 1.54) is 6.07 Å². The maximum atomic E-state index is 13.6. The van der Waals surface area contributed by atoms with E-state index >= 15 is 0 Å². The molecule has 0 spiro atoms. The minimum atomic E-state index is -0.241. The molecule has 2 nitrogen and oxygen atoms in total. The summed E-state index contributed by atoms with van der Waals surface area (Å²) in [6.07, 6.45) is 0. The van der Waals surface area contributed by atoms with Crippen molar-refractivity contribution < 1.29 is 9.13 Å². The lowest BCUT2D eigenvalue weighted by molar-refractivity contribution is 0.299. The number of anilines is 1. The van der Waals surface area contributed by atoms with Gasteiger partial charge in [0.15, 0.2) is 0 Å². The highest BCUT2D eigenvalue weighted by Gasteiger charge is 2.02. The second-order valence-corrected chi connectivity index (χ2v) is 5.25.